The van der Waals surface area contributed by atoms with E-state index in [9.17, 15) is 5.11 Å². The van der Waals surface area contributed by atoms with Crippen LogP contribution in [-0.2, 0) is 5.54 Å². The van der Waals surface area contributed by atoms with E-state index < -0.39 is 0 Å². The van der Waals surface area contributed by atoms with E-state index in [4.69, 9.17) is 4.98 Å². The Hall–Kier alpha value is -1.58. The van der Waals surface area contributed by atoms with E-state index in [0.717, 1.165) is 34.7 Å². The number of hydrogen-bond acceptors (Lipinski definition) is 3. The molecule has 4 saturated carbocycles. The first-order chi connectivity index (χ1) is 10.1. The fourth-order valence-electron chi connectivity index (χ4n) is 5.97. The third-order valence-electron chi connectivity index (χ3n) is 6.14. The molecule has 0 aromatic carbocycles. The van der Waals surface area contributed by atoms with Crippen molar-refractivity contribution < 1.29 is 5.11 Å². The smallest absolute Gasteiger partial charge is 0.212 e. The van der Waals surface area contributed by atoms with Gasteiger partial charge in [-0.1, -0.05) is 0 Å². The molecule has 0 spiro atoms. The van der Waals surface area contributed by atoms with E-state index in [1.165, 1.54) is 38.5 Å². The first-order valence-electron chi connectivity index (χ1n) is 8.18. The third kappa shape index (κ3) is 1.56. The maximum atomic E-state index is 9.79. The van der Waals surface area contributed by atoms with Crippen LogP contribution in [0.5, 0.6) is 5.88 Å². The van der Waals surface area contributed by atoms with Gasteiger partial charge in [-0.3, -0.25) is 0 Å². The summed E-state index contributed by atoms with van der Waals surface area (Å²) in [5.74, 6) is 3.85. The number of fused-ring (bicyclic) bond motifs is 1. The molecule has 110 valence electrons. The maximum absolute atomic E-state index is 9.79. The molecule has 4 aliphatic rings. The molecule has 0 atom stereocenters. The predicted octanol–water partition coefficient (Wildman–Crippen LogP) is 3.37. The van der Waals surface area contributed by atoms with Crippen molar-refractivity contribution in [1.82, 2.24) is 14.5 Å². The minimum atomic E-state index is 0.105. The van der Waals surface area contributed by atoms with Crippen LogP contribution in [0.4, 0.5) is 0 Å². The maximum Gasteiger partial charge on any atom is 0.212 e. The lowest BCUT2D eigenvalue weighted by Crippen LogP contribution is -2.52. The lowest BCUT2D eigenvalue weighted by atomic mass is 9.53. The van der Waals surface area contributed by atoms with Crippen LogP contribution in [0.2, 0.25) is 0 Å². The molecule has 4 nitrogen and oxygen atoms in total. The van der Waals surface area contributed by atoms with Crippen molar-refractivity contribution >= 4 is 11.2 Å². The summed E-state index contributed by atoms with van der Waals surface area (Å²) in [6, 6.07) is 3.53. The Morgan fingerprint density at radius 2 is 1.67 bits per heavy atom. The van der Waals surface area contributed by atoms with E-state index >= 15 is 0 Å². The molecule has 0 aliphatic heterocycles. The van der Waals surface area contributed by atoms with Crippen LogP contribution in [0.25, 0.3) is 11.2 Å². The number of rotatable bonds is 1. The molecule has 0 saturated heterocycles. The lowest BCUT2D eigenvalue weighted by Gasteiger charge is -2.57. The molecule has 0 radical (unpaired) electrons. The highest BCUT2D eigenvalue weighted by molar-refractivity contribution is 5.72. The van der Waals surface area contributed by atoms with E-state index in [1.54, 1.807) is 6.07 Å². The van der Waals surface area contributed by atoms with E-state index in [-0.39, 0.29) is 11.4 Å². The van der Waals surface area contributed by atoms with Crippen molar-refractivity contribution in [3.05, 3.63) is 18.0 Å². The zero-order chi connectivity index (χ0) is 14.2. The topological polar surface area (TPSA) is 50.9 Å². The zero-order valence-corrected chi connectivity index (χ0v) is 12.4. The van der Waals surface area contributed by atoms with Gasteiger partial charge in [0.25, 0.3) is 0 Å². The van der Waals surface area contributed by atoms with Gasteiger partial charge in [-0.25, -0.2) is 4.98 Å². The second-order valence-electron chi connectivity index (χ2n) is 7.65. The molecule has 2 heterocycles. The minimum Gasteiger partial charge on any atom is -0.493 e. The van der Waals surface area contributed by atoms with Gasteiger partial charge < -0.3 is 9.67 Å². The van der Waals surface area contributed by atoms with Gasteiger partial charge in [-0.15, -0.1) is 0 Å². The Morgan fingerprint density at radius 1 is 1.05 bits per heavy atom. The van der Waals surface area contributed by atoms with Crippen molar-refractivity contribution in [1.29, 1.82) is 0 Å². The number of hydrogen-bond donors (Lipinski definition) is 1. The van der Waals surface area contributed by atoms with Gasteiger partial charge in [0.2, 0.25) is 5.88 Å². The first kappa shape index (κ1) is 12.0. The monoisotopic (exact) mass is 283 g/mol. The number of pyridine rings is 1. The second kappa shape index (κ2) is 3.79. The molecule has 2 aromatic heterocycles. The lowest BCUT2D eigenvalue weighted by molar-refractivity contribution is -0.0421. The molecule has 4 aliphatic carbocycles. The summed E-state index contributed by atoms with van der Waals surface area (Å²) in [7, 11) is 0. The highest BCUT2D eigenvalue weighted by atomic mass is 16.3. The SMILES string of the molecule is Cc1nc2ccc(O)nc2n1C12CC3CC(CC(C3)C1)C2. The molecule has 4 heteroatoms. The Bertz CT molecular complexity index is 698. The Labute approximate surface area is 124 Å². The summed E-state index contributed by atoms with van der Waals surface area (Å²) in [6.45, 7) is 2.09. The van der Waals surface area contributed by atoms with Crippen LogP contribution in [0, 0.1) is 24.7 Å². The van der Waals surface area contributed by atoms with Gasteiger partial charge in [-0.05, 0) is 69.3 Å². The predicted molar refractivity (Wildman–Crippen MR) is 80.1 cm³/mol. The molecule has 4 bridgehead atoms. The average Bonchev–Trinajstić information content (AvgIpc) is 2.72. The molecule has 0 unspecified atom stereocenters. The van der Waals surface area contributed by atoms with Crippen molar-refractivity contribution in [3.63, 3.8) is 0 Å². The van der Waals surface area contributed by atoms with Crippen molar-refractivity contribution in [2.45, 2.75) is 51.0 Å². The van der Waals surface area contributed by atoms with Crippen LogP contribution in [0.15, 0.2) is 12.1 Å². The normalized spacial score (nSPS) is 37.5. The zero-order valence-electron chi connectivity index (χ0n) is 12.4. The number of aryl methyl sites for hydroxylation is 1. The molecular weight excluding hydrogens is 262 g/mol. The molecule has 1 N–H and O–H groups in total. The van der Waals surface area contributed by atoms with Crippen LogP contribution < -0.4 is 0 Å². The minimum absolute atomic E-state index is 0.105. The summed E-state index contributed by atoms with van der Waals surface area (Å²) in [6.07, 6.45) is 8.14. The molecule has 21 heavy (non-hydrogen) atoms. The summed E-state index contributed by atoms with van der Waals surface area (Å²) in [5.41, 5.74) is 2.02. The summed E-state index contributed by atoms with van der Waals surface area (Å²) < 4.78 is 2.38. The second-order valence-corrected chi connectivity index (χ2v) is 7.65. The standard InChI is InChI=1S/C17H21N3O/c1-10-18-14-2-3-15(21)19-16(14)20(10)17-7-11-4-12(8-17)6-13(5-11)9-17/h2-3,11-13H,4-9H2,1H3,(H,19,21). The van der Waals surface area contributed by atoms with Crippen LogP contribution in [0.1, 0.15) is 44.3 Å². The fourth-order valence-corrected chi connectivity index (χ4v) is 5.97. The van der Waals surface area contributed by atoms with Crippen LogP contribution in [-0.4, -0.2) is 19.6 Å². The van der Waals surface area contributed by atoms with Crippen LogP contribution >= 0.6 is 0 Å². The number of aromatic hydroxyl groups is 1. The molecule has 6 rings (SSSR count). The third-order valence-corrected chi connectivity index (χ3v) is 6.14. The van der Waals surface area contributed by atoms with Crippen LogP contribution in [0.3, 0.4) is 0 Å². The van der Waals surface area contributed by atoms with E-state index in [2.05, 4.69) is 16.5 Å². The number of aromatic nitrogens is 3. The molecule has 4 fully saturated rings. The van der Waals surface area contributed by atoms with Gasteiger partial charge in [0, 0.05) is 11.6 Å². The molecule has 2 aromatic rings. The van der Waals surface area contributed by atoms with Gasteiger partial charge >= 0.3 is 0 Å². The van der Waals surface area contributed by atoms with Gasteiger partial charge in [0.1, 0.15) is 11.3 Å². The van der Waals surface area contributed by atoms with Crippen molar-refractivity contribution in [3.8, 4) is 5.88 Å². The largest absolute Gasteiger partial charge is 0.493 e. The van der Waals surface area contributed by atoms with E-state index in [1.807, 2.05) is 6.07 Å². The molecule has 0 amide bonds. The highest BCUT2D eigenvalue weighted by Gasteiger charge is 2.52. The van der Waals surface area contributed by atoms with Gasteiger partial charge in [-0.2, -0.15) is 4.98 Å². The number of imidazole rings is 1. The highest BCUT2D eigenvalue weighted by Crippen LogP contribution is 2.59. The first-order valence-corrected chi connectivity index (χ1v) is 8.18. The quantitative estimate of drug-likeness (QED) is 0.873. The summed E-state index contributed by atoms with van der Waals surface area (Å²) in [4.78, 5) is 9.11. The Balaban J connectivity index is 1.73. The summed E-state index contributed by atoms with van der Waals surface area (Å²) >= 11 is 0. The Morgan fingerprint density at radius 3 is 2.29 bits per heavy atom. The summed E-state index contributed by atoms with van der Waals surface area (Å²) in [5, 5.41) is 9.79. The number of nitrogens with zero attached hydrogens (tertiary/aromatic N) is 3. The van der Waals surface area contributed by atoms with Gasteiger partial charge in [0.05, 0.1) is 0 Å². The molecular formula is C17H21N3O. The van der Waals surface area contributed by atoms with Crippen molar-refractivity contribution in [2.24, 2.45) is 17.8 Å². The van der Waals surface area contributed by atoms with E-state index in [0.29, 0.717) is 0 Å². The Kier molecular flexibility index (Phi) is 2.17. The average molecular weight is 283 g/mol. The van der Waals surface area contributed by atoms with Gasteiger partial charge in [0.15, 0.2) is 5.65 Å². The fraction of sp³-hybridized carbons (Fsp3) is 0.647. The van der Waals surface area contributed by atoms with Crippen molar-refractivity contribution in [2.75, 3.05) is 0 Å².